The van der Waals surface area contributed by atoms with E-state index in [1.807, 2.05) is 0 Å². The third-order valence-electron chi connectivity index (χ3n) is 2.53. The molecule has 3 nitrogen and oxygen atoms in total. The molecule has 1 aromatic rings. The van der Waals surface area contributed by atoms with Crippen LogP contribution in [0.4, 0.5) is 4.39 Å². The molecule has 15 heavy (non-hydrogen) atoms. The number of carbonyl (C=O) groups excluding carboxylic acids is 1. The van der Waals surface area contributed by atoms with Crippen molar-refractivity contribution in [2.24, 2.45) is 5.41 Å². The Morgan fingerprint density at radius 2 is 2.13 bits per heavy atom. The number of hydrogen-bond donors (Lipinski definition) is 1. The van der Waals surface area contributed by atoms with Crippen LogP contribution in [0.25, 0.3) is 0 Å². The Bertz CT molecular complexity index is 390. The normalized spacial score (nSPS) is 18.3. The highest BCUT2D eigenvalue weighted by Crippen LogP contribution is 2.31. The van der Waals surface area contributed by atoms with Crippen LogP contribution in [0.1, 0.15) is 17.3 Å². The zero-order chi connectivity index (χ0) is 11.1. The maximum atomic E-state index is 13.0. The van der Waals surface area contributed by atoms with Crippen LogP contribution in [0, 0.1) is 11.2 Å². The molecular weight excluding hydrogens is 199 g/mol. The topological polar surface area (TPSA) is 46.5 Å². The molecule has 4 heteroatoms. The summed E-state index contributed by atoms with van der Waals surface area (Å²) in [5, 5.41) is 9.18. The first-order valence-corrected chi connectivity index (χ1v) is 4.63. The molecule has 0 radical (unpaired) electrons. The fourth-order valence-electron chi connectivity index (χ4n) is 1.59. The van der Waals surface area contributed by atoms with Gasteiger partial charge in [-0.2, -0.15) is 0 Å². The first-order valence-electron chi connectivity index (χ1n) is 4.63. The van der Waals surface area contributed by atoms with Gasteiger partial charge in [-0.1, -0.05) is 0 Å². The second-order valence-electron chi connectivity index (χ2n) is 4.08. The van der Waals surface area contributed by atoms with E-state index >= 15 is 0 Å². The van der Waals surface area contributed by atoms with E-state index in [1.165, 1.54) is 6.07 Å². The molecule has 0 saturated carbocycles. The number of aromatic hydroxyl groups is 1. The average Bonchev–Trinajstić information content (AvgIpc) is 2.11. The monoisotopic (exact) mass is 210 g/mol. The van der Waals surface area contributed by atoms with Gasteiger partial charge in [0, 0.05) is 11.6 Å². The van der Waals surface area contributed by atoms with Crippen molar-refractivity contribution < 1.29 is 19.0 Å². The van der Waals surface area contributed by atoms with Gasteiger partial charge in [-0.15, -0.1) is 0 Å². The molecule has 1 aromatic carbocycles. The number of benzene rings is 1. The molecule has 1 aliphatic rings. The number of rotatable bonds is 2. The molecule has 1 fully saturated rings. The summed E-state index contributed by atoms with van der Waals surface area (Å²) in [5.41, 5.74) is -0.376. The van der Waals surface area contributed by atoms with Crippen molar-refractivity contribution in [2.45, 2.75) is 6.92 Å². The van der Waals surface area contributed by atoms with Crippen LogP contribution < -0.4 is 0 Å². The third kappa shape index (κ3) is 1.72. The van der Waals surface area contributed by atoms with Crippen molar-refractivity contribution in [1.82, 2.24) is 0 Å². The van der Waals surface area contributed by atoms with Gasteiger partial charge < -0.3 is 9.84 Å². The Morgan fingerprint density at radius 1 is 1.47 bits per heavy atom. The van der Waals surface area contributed by atoms with Gasteiger partial charge in [0.1, 0.15) is 11.6 Å². The molecule has 1 aliphatic heterocycles. The molecule has 1 N–H and O–H groups in total. The molecule has 0 bridgehead atoms. The van der Waals surface area contributed by atoms with E-state index in [0.29, 0.717) is 13.2 Å². The Morgan fingerprint density at radius 3 is 2.60 bits per heavy atom. The van der Waals surface area contributed by atoms with Crippen molar-refractivity contribution in [3.63, 3.8) is 0 Å². The summed E-state index contributed by atoms with van der Waals surface area (Å²) < 4.78 is 17.9. The van der Waals surface area contributed by atoms with E-state index < -0.39 is 11.2 Å². The quantitative estimate of drug-likeness (QED) is 0.756. The molecule has 0 aromatic heterocycles. The largest absolute Gasteiger partial charge is 0.508 e. The zero-order valence-electron chi connectivity index (χ0n) is 8.29. The highest BCUT2D eigenvalue weighted by Gasteiger charge is 2.41. The Balaban J connectivity index is 2.33. The van der Waals surface area contributed by atoms with Crippen LogP contribution in [0.5, 0.6) is 5.75 Å². The molecule has 80 valence electrons. The van der Waals surface area contributed by atoms with E-state index in [2.05, 4.69) is 0 Å². The maximum Gasteiger partial charge on any atom is 0.173 e. The Hall–Kier alpha value is -1.42. The predicted molar refractivity (Wildman–Crippen MR) is 51.3 cm³/mol. The summed E-state index contributed by atoms with van der Waals surface area (Å²) in [4.78, 5) is 11.9. The summed E-state index contributed by atoms with van der Waals surface area (Å²) in [5.74, 6) is -1.03. The van der Waals surface area contributed by atoms with Gasteiger partial charge in [0.25, 0.3) is 0 Å². The summed E-state index contributed by atoms with van der Waals surface area (Å²) in [6, 6.07) is 3.37. The number of ether oxygens (including phenoxy) is 1. The predicted octanol–water partition coefficient (Wildman–Crippen LogP) is 1.75. The number of Topliss-reactive ketones (excluding diaryl/α,β-unsaturated/α-hetero) is 1. The molecule has 2 rings (SSSR count). The smallest absolute Gasteiger partial charge is 0.173 e. The van der Waals surface area contributed by atoms with Gasteiger partial charge >= 0.3 is 0 Å². The van der Waals surface area contributed by atoms with Crippen LogP contribution >= 0.6 is 0 Å². The lowest BCUT2D eigenvalue weighted by Crippen LogP contribution is -2.46. The maximum absolute atomic E-state index is 13.0. The second-order valence-corrected chi connectivity index (χ2v) is 4.08. The molecular formula is C11H11FO3. The fourth-order valence-corrected chi connectivity index (χ4v) is 1.59. The summed E-state index contributed by atoms with van der Waals surface area (Å²) in [6.45, 7) is 2.47. The average molecular weight is 210 g/mol. The van der Waals surface area contributed by atoms with E-state index in [9.17, 15) is 14.3 Å². The number of ketones is 1. The van der Waals surface area contributed by atoms with E-state index in [1.54, 1.807) is 6.92 Å². The number of phenolic OH excluding ortho intramolecular Hbond substituents is 1. The standard InChI is InChI=1S/C11H11FO3/c1-11(5-15-6-11)10(14)7-2-8(12)4-9(13)3-7/h2-4,13H,5-6H2,1H3. The van der Waals surface area contributed by atoms with Crippen LogP contribution in [-0.2, 0) is 4.74 Å². The van der Waals surface area contributed by atoms with Gasteiger partial charge in [-0.05, 0) is 19.1 Å². The van der Waals surface area contributed by atoms with Gasteiger partial charge in [-0.3, -0.25) is 4.79 Å². The van der Waals surface area contributed by atoms with E-state index in [4.69, 9.17) is 4.74 Å². The van der Waals surface area contributed by atoms with Gasteiger partial charge in [0.2, 0.25) is 0 Å². The summed E-state index contributed by atoms with van der Waals surface area (Å²) >= 11 is 0. The van der Waals surface area contributed by atoms with Gasteiger partial charge in [-0.25, -0.2) is 4.39 Å². The first kappa shape index (κ1) is 10.1. The Kier molecular flexibility index (Phi) is 2.23. The fraction of sp³-hybridized carbons (Fsp3) is 0.364. The van der Waals surface area contributed by atoms with Gasteiger partial charge in [0.15, 0.2) is 5.78 Å². The highest BCUT2D eigenvalue weighted by molar-refractivity contribution is 6.01. The number of hydrogen-bond acceptors (Lipinski definition) is 3. The molecule has 0 amide bonds. The lowest BCUT2D eigenvalue weighted by Gasteiger charge is -2.36. The van der Waals surface area contributed by atoms with Crippen molar-refractivity contribution in [3.05, 3.63) is 29.6 Å². The van der Waals surface area contributed by atoms with Crippen molar-refractivity contribution in [1.29, 1.82) is 0 Å². The van der Waals surface area contributed by atoms with Crippen molar-refractivity contribution >= 4 is 5.78 Å². The second kappa shape index (κ2) is 3.31. The minimum atomic E-state index is -0.609. The molecule has 0 atom stereocenters. The third-order valence-corrected chi connectivity index (χ3v) is 2.53. The summed E-state index contributed by atoms with van der Waals surface area (Å²) in [7, 11) is 0. The Labute approximate surface area is 86.5 Å². The molecule has 0 aliphatic carbocycles. The zero-order valence-corrected chi connectivity index (χ0v) is 8.29. The minimum absolute atomic E-state index is 0.191. The van der Waals surface area contributed by atoms with Gasteiger partial charge in [0.05, 0.1) is 18.6 Å². The van der Waals surface area contributed by atoms with E-state index in [-0.39, 0.29) is 17.1 Å². The van der Waals surface area contributed by atoms with Crippen LogP contribution in [0.2, 0.25) is 0 Å². The molecule has 1 heterocycles. The molecule has 1 saturated heterocycles. The SMILES string of the molecule is CC1(C(=O)c2cc(O)cc(F)c2)COC1. The lowest BCUT2D eigenvalue weighted by atomic mass is 9.80. The number of halogens is 1. The van der Waals surface area contributed by atoms with Crippen molar-refractivity contribution in [3.8, 4) is 5.75 Å². The van der Waals surface area contributed by atoms with E-state index in [0.717, 1.165) is 12.1 Å². The molecule has 0 spiro atoms. The summed E-state index contributed by atoms with van der Waals surface area (Å²) in [6.07, 6.45) is 0. The van der Waals surface area contributed by atoms with Crippen LogP contribution in [0.15, 0.2) is 18.2 Å². The lowest BCUT2D eigenvalue weighted by molar-refractivity contribution is -0.0768. The number of phenols is 1. The van der Waals surface area contributed by atoms with Crippen LogP contribution in [0.3, 0.4) is 0 Å². The minimum Gasteiger partial charge on any atom is -0.508 e. The number of carbonyl (C=O) groups is 1. The highest BCUT2D eigenvalue weighted by atomic mass is 19.1. The van der Waals surface area contributed by atoms with Crippen molar-refractivity contribution in [2.75, 3.05) is 13.2 Å². The first-order chi connectivity index (χ1) is 7.01. The molecule has 0 unspecified atom stereocenters. The van der Waals surface area contributed by atoms with Crippen LogP contribution in [-0.4, -0.2) is 24.1 Å².